The number of hydrogen-bond donors (Lipinski definition) is 1. The third kappa shape index (κ3) is 5.59. The number of carboxylic acid groups (broad SMARTS) is 1. The third-order valence-corrected chi connectivity index (χ3v) is 7.19. The quantitative estimate of drug-likeness (QED) is 0.328. The van der Waals surface area contributed by atoms with Crippen LogP contribution in [0.15, 0.2) is 42.5 Å². The summed E-state index contributed by atoms with van der Waals surface area (Å²) in [5.74, 6) is -0.807. The van der Waals surface area contributed by atoms with Crippen molar-refractivity contribution in [2.75, 3.05) is 13.1 Å². The molecule has 0 saturated carbocycles. The van der Waals surface area contributed by atoms with Gasteiger partial charge in [0, 0.05) is 52.7 Å². The van der Waals surface area contributed by atoms with Crippen LogP contribution in [-0.2, 0) is 24.7 Å². The van der Waals surface area contributed by atoms with Gasteiger partial charge in [-0.3, -0.25) is 9.59 Å². The fraction of sp³-hybridized carbons (Fsp3) is 0.407. The second-order valence-corrected chi connectivity index (χ2v) is 10.1. The largest absolute Gasteiger partial charge is 0.481 e. The average molecular weight is 501 g/mol. The summed E-state index contributed by atoms with van der Waals surface area (Å²) >= 11 is 12.4. The van der Waals surface area contributed by atoms with E-state index in [9.17, 15) is 9.59 Å². The zero-order valence-corrected chi connectivity index (χ0v) is 20.9. The number of carbonyl (C=O) groups excluding carboxylic acids is 1. The van der Waals surface area contributed by atoms with E-state index < -0.39 is 5.97 Å². The van der Waals surface area contributed by atoms with Gasteiger partial charge in [0.15, 0.2) is 0 Å². The van der Waals surface area contributed by atoms with Gasteiger partial charge in [-0.15, -0.1) is 0 Å². The van der Waals surface area contributed by atoms with Crippen molar-refractivity contribution in [1.29, 1.82) is 0 Å². The number of amides is 1. The van der Waals surface area contributed by atoms with E-state index in [1.165, 1.54) is 5.56 Å². The first kappa shape index (κ1) is 24.6. The van der Waals surface area contributed by atoms with Crippen molar-refractivity contribution in [3.8, 4) is 0 Å². The number of benzene rings is 2. The highest BCUT2D eigenvalue weighted by atomic mass is 35.5. The lowest BCUT2D eigenvalue weighted by Gasteiger charge is -2.38. The minimum Gasteiger partial charge on any atom is -0.481 e. The molecule has 180 valence electrons. The molecule has 0 aliphatic carbocycles. The Kier molecular flexibility index (Phi) is 7.84. The molecule has 1 fully saturated rings. The molecular formula is C27H30Cl2N2O3. The number of aromatic nitrogens is 1. The number of aliphatic carboxylic acids is 1. The normalized spacial score (nSPS) is 13.9. The average Bonchev–Trinajstić information content (AvgIpc) is 3.03. The van der Waals surface area contributed by atoms with E-state index >= 15 is 0 Å². The second kappa shape index (κ2) is 10.8. The highest BCUT2D eigenvalue weighted by Crippen LogP contribution is 2.32. The third-order valence-electron chi connectivity index (χ3n) is 6.72. The fourth-order valence-electron chi connectivity index (χ4n) is 4.94. The minimum atomic E-state index is -0.815. The fourth-order valence-corrected chi connectivity index (χ4v) is 5.32. The number of rotatable bonds is 10. The van der Waals surface area contributed by atoms with Crippen LogP contribution in [0.3, 0.4) is 0 Å². The van der Waals surface area contributed by atoms with E-state index in [1.807, 2.05) is 43.4 Å². The minimum absolute atomic E-state index is 0.0227. The maximum Gasteiger partial charge on any atom is 0.303 e. The number of fused-ring (bicyclic) bond motifs is 1. The van der Waals surface area contributed by atoms with Crippen LogP contribution in [-0.4, -0.2) is 39.5 Å². The highest BCUT2D eigenvalue weighted by molar-refractivity contribution is 6.31. The van der Waals surface area contributed by atoms with Gasteiger partial charge in [0.05, 0.1) is 12.0 Å². The van der Waals surface area contributed by atoms with Crippen molar-refractivity contribution >= 4 is 46.0 Å². The van der Waals surface area contributed by atoms with Crippen LogP contribution >= 0.6 is 23.2 Å². The molecule has 7 heteroatoms. The van der Waals surface area contributed by atoms with Crippen LogP contribution in [0.4, 0.5) is 0 Å². The summed E-state index contributed by atoms with van der Waals surface area (Å²) in [7, 11) is 2.00. The zero-order chi connectivity index (χ0) is 24.2. The van der Waals surface area contributed by atoms with Crippen LogP contribution < -0.4 is 0 Å². The smallest absolute Gasteiger partial charge is 0.303 e. The topological polar surface area (TPSA) is 62.5 Å². The lowest BCUT2D eigenvalue weighted by atomic mass is 9.94. The van der Waals surface area contributed by atoms with Gasteiger partial charge in [-0.05, 0) is 61.6 Å². The Morgan fingerprint density at radius 3 is 2.38 bits per heavy atom. The van der Waals surface area contributed by atoms with E-state index in [2.05, 4.69) is 10.6 Å². The van der Waals surface area contributed by atoms with Crippen molar-refractivity contribution < 1.29 is 14.7 Å². The summed E-state index contributed by atoms with van der Waals surface area (Å²) in [5, 5.41) is 11.3. The molecule has 0 atom stereocenters. The molecule has 2 aromatic carbocycles. The van der Waals surface area contributed by atoms with Crippen molar-refractivity contribution in [2.24, 2.45) is 13.0 Å². The number of nitrogens with zero attached hydrogens (tertiary/aromatic N) is 2. The number of aryl methyl sites for hydroxylation is 2. The summed E-state index contributed by atoms with van der Waals surface area (Å²) in [5.41, 5.74) is 4.00. The lowest BCUT2D eigenvalue weighted by molar-refractivity contribution is -0.139. The first-order chi connectivity index (χ1) is 16.3. The van der Waals surface area contributed by atoms with Crippen molar-refractivity contribution in [3.63, 3.8) is 0 Å². The molecule has 1 N–H and O–H groups in total. The molecular weight excluding hydrogens is 471 g/mol. The number of unbranched alkanes of at least 4 members (excludes halogenated alkanes) is 3. The van der Waals surface area contributed by atoms with Gasteiger partial charge in [-0.1, -0.05) is 48.2 Å². The number of halogens is 2. The summed E-state index contributed by atoms with van der Waals surface area (Å²) in [6.45, 7) is 0.982. The maximum absolute atomic E-state index is 13.4. The Bertz CT molecular complexity index is 1200. The van der Waals surface area contributed by atoms with Crippen LogP contribution in [0.5, 0.6) is 0 Å². The summed E-state index contributed by atoms with van der Waals surface area (Å²) in [4.78, 5) is 26.2. The Labute approximate surface area is 210 Å². The van der Waals surface area contributed by atoms with Gasteiger partial charge < -0.3 is 14.6 Å². The summed E-state index contributed by atoms with van der Waals surface area (Å²) in [6, 6.07) is 13.7. The Balaban J connectivity index is 1.41. The molecule has 1 saturated heterocycles. The Morgan fingerprint density at radius 2 is 1.68 bits per heavy atom. The Hall–Kier alpha value is -2.50. The van der Waals surface area contributed by atoms with E-state index in [1.54, 1.807) is 4.90 Å². The number of carboxylic acids is 1. The van der Waals surface area contributed by atoms with Crippen LogP contribution in [0.2, 0.25) is 10.0 Å². The van der Waals surface area contributed by atoms with E-state index in [0.717, 1.165) is 60.1 Å². The standard InChI is InChI=1S/C27H30Cl2N2O3/c1-30-23-12-11-21(29)15-22(23)26(27(34)31-16-19(17-31)14-25(32)33)24(30)10-5-3-2-4-7-18-8-6-9-20(28)13-18/h6,8-9,11-13,15,19H,2-5,7,10,14,16-17H2,1H3,(H,32,33). The first-order valence-electron chi connectivity index (χ1n) is 11.9. The number of likely N-dealkylation sites (tertiary alicyclic amines) is 1. The molecule has 0 spiro atoms. The van der Waals surface area contributed by atoms with Gasteiger partial charge in [0.1, 0.15) is 0 Å². The molecule has 2 heterocycles. The second-order valence-electron chi connectivity index (χ2n) is 9.26. The van der Waals surface area contributed by atoms with Crippen molar-refractivity contribution in [2.45, 2.75) is 44.9 Å². The first-order valence-corrected chi connectivity index (χ1v) is 12.6. The van der Waals surface area contributed by atoms with Gasteiger partial charge in [0.25, 0.3) is 5.91 Å². The van der Waals surface area contributed by atoms with Gasteiger partial charge in [-0.25, -0.2) is 0 Å². The SMILES string of the molecule is Cn1c(CCCCCCc2cccc(Cl)c2)c(C(=O)N2CC(CC(=O)O)C2)c2cc(Cl)ccc21. The maximum atomic E-state index is 13.4. The molecule has 0 radical (unpaired) electrons. The van der Waals surface area contributed by atoms with Crippen LogP contribution in [0, 0.1) is 5.92 Å². The zero-order valence-electron chi connectivity index (χ0n) is 19.4. The molecule has 1 aliphatic heterocycles. The molecule has 1 aliphatic rings. The molecule has 0 unspecified atom stereocenters. The predicted octanol–water partition coefficient (Wildman–Crippen LogP) is 6.38. The highest BCUT2D eigenvalue weighted by Gasteiger charge is 2.35. The van der Waals surface area contributed by atoms with Crippen molar-refractivity contribution in [1.82, 2.24) is 9.47 Å². The number of carbonyl (C=O) groups is 2. The van der Waals surface area contributed by atoms with Crippen LogP contribution in [0.25, 0.3) is 10.9 Å². The molecule has 4 rings (SSSR count). The predicted molar refractivity (Wildman–Crippen MR) is 137 cm³/mol. The monoisotopic (exact) mass is 500 g/mol. The number of hydrogen-bond acceptors (Lipinski definition) is 2. The van der Waals surface area contributed by atoms with Gasteiger partial charge in [0.2, 0.25) is 0 Å². The molecule has 1 aromatic heterocycles. The lowest BCUT2D eigenvalue weighted by Crippen LogP contribution is -2.50. The summed E-state index contributed by atoms with van der Waals surface area (Å²) < 4.78 is 2.11. The molecule has 34 heavy (non-hydrogen) atoms. The van der Waals surface area contributed by atoms with E-state index in [0.29, 0.717) is 23.7 Å². The molecule has 0 bridgehead atoms. The summed E-state index contributed by atoms with van der Waals surface area (Å²) in [6.07, 6.45) is 6.24. The van der Waals surface area contributed by atoms with Gasteiger partial charge in [-0.2, -0.15) is 0 Å². The van der Waals surface area contributed by atoms with Gasteiger partial charge >= 0.3 is 5.97 Å². The van der Waals surface area contributed by atoms with E-state index in [-0.39, 0.29) is 18.2 Å². The molecule has 1 amide bonds. The van der Waals surface area contributed by atoms with Crippen LogP contribution in [0.1, 0.15) is 53.7 Å². The van der Waals surface area contributed by atoms with Crippen molar-refractivity contribution in [3.05, 3.63) is 69.3 Å². The molecule has 5 nitrogen and oxygen atoms in total. The molecule has 3 aromatic rings. The Morgan fingerprint density at radius 1 is 0.971 bits per heavy atom. The van der Waals surface area contributed by atoms with E-state index in [4.69, 9.17) is 28.3 Å².